The number of nitrogens with zero attached hydrogens (tertiary/aromatic N) is 2. The Labute approximate surface area is 284 Å². The Balaban J connectivity index is 0.000000284. The Kier molecular flexibility index (Phi) is 10.2. The average Bonchev–Trinajstić information content (AvgIpc) is 3.40. The molecule has 3 amide bonds. The lowest BCUT2D eigenvalue weighted by atomic mass is 9.95. The van der Waals surface area contributed by atoms with Crippen molar-refractivity contribution in [3.8, 4) is 0 Å². The maximum absolute atomic E-state index is 12.8. The summed E-state index contributed by atoms with van der Waals surface area (Å²) in [5, 5.41) is 11.3. The van der Waals surface area contributed by atoms with Gasteiger partial charge in [-0.1, -0.05) is 46.3 Å². The van der Waals surface area contributed by atoms with Gasteiger partial charge in [-0.3, -0.25) is 19.2 Å². The number of fused-ring (bicyclic) bond motifs is 2. The predicted octanol–water partition coefficient (Wildman–Crippen LogP) is 2.22. The minimum Gasteiger partial charge on any atom is -0.480 e. The van der Waals surface area contributed by atoms with Crippen molar-refractivity contribution in [2.75, 3.05) is 6.79 Å². The first-order chi connectivity index (χ1) is 21.2. The van der Waals surface area contributed by atoms with Crippen molar-refractivity contribution in [1.82, 2.24) is 15.1 Å². The van der Waals surface area contributed by atoms with Gasteiger partial charge < -0.3 is 35.4 Å². The molecule has 4 fully saturated rings. The summed E-state index contributed by atoms with van der Waals surface area (Å²) in [4.78, 5) is 75.1. The molecule has 1 aromatic carbocycles. The highest BCUT2D eigenvalue weighted by Crippen LogP contribution is 2.53. The van der Waals surface area contributed by atoms with Gasteiger partial charge in [0.1, 0.15) is 39.7 Å². The zero-order valence-electron chi connectivity index (χ0n) is 26.5. The van der Waals surface area contributed by atoms with E-state index in [1.54, 1.807) is 56.8 Å². The van der Waals surface area contributed by atoms with Crippen molar-refractivity contribution >= 4 is 75.1 Å². The molecular weight excluding hydrogens is 704 g/mol. The second kappa shape index (κ2) is 13.0. The summed E-state index contributed by atoms with van der Waals surface area (Å²) in [6.45, 7) is 11.9. The number of thioether (sulfide) groups is 2. The molecule has 7 unspecified atom stereocenters. The molecule has 0 radical (unpaired) electrons. The van der Waals surface area contributed by atoms with Gasteiger partial charge in [-0.25, -0.2) is 9.59 Å². The van der Waals surface area contributed by atoms with Crippen LogP contribution in [0.5, 0.6) is 0 Å². The Hall–Kier alpha value is -2.82. The van der Waals surface area contributed by atoms with Crippen LogP contribution in [0.3, 0.4) is 0 Å². The monoisotopic (exact) mass is 742 g/mol. The molecular formula is C30H39BrN4O9S2. The summed E-state index contributed by atoms with van der Waals surface area (Å²) >= 11 is 6.20. The van der Waals surface area contributed by atoms with Crippen molar-refractivity contribution in [2.24, 2.45) is 11.1 Å². The molecule has 4 aliphatic rings. The lowest BCUT2D eigenvalue weighted by Crippen LogP contribution is -2.71. The van der Waals surface area contributed by atoms with Gasteiger partial charge in [0.05, 0.1) is 5.41 Å². The van der Waals surface area contributed by atoms with E-state index in [4.69, 9.17) is 20.3 Å². The number of nitrogens with one attached hydrogen (secondary N) is 1. The average molecular weight is 744 g/mol. The molecule has 7 atom stereocenters. The van der Waals surface area contributed by atoms with Gasteiger partial charge in [0.25, 0.3) is 0 Å². The predicted molar refractivity (Wildman–Crippen MR) is 174 cm³/mol. The largest absolute Gasteiger partial charge is 0.480 e. The highest BCUT2D eigenvalue weighted by atomic mass is 79.9. The normalized spacial score (nSPS) is 29.2. The van der Waals surface area contributed by atoms with Crippen LogP contribution in [0.2, 0.25) is 0 Å². The van der Waals surface area contributed by atoms with Crippen LogP contribution in [0.15, 0.2) is 30.3 Å². The minimum atomic E-state index is -0.919. The SMILES string of the molecule is CC(C)(C)C(=O)OCOC(=O)C1N2C(=O)C(NC(=O)C(N)c3ccccc3)C2SC1(C)C.CC1(C)SC2C(Br)C(=O)N2C1C(=O)O. The van der Waals surface area contributed by atoms with Crippen molar-refractivity contribution in [3.05, 3.63) is 35.9 Å². The van der Waals surface area contributed by atoms with Crippen LogP contribution in [0.25, 0.3) is 0 Å². The maximum Gasteiger partial charge on any atom is 0.333 e. The molecule has 0 aromatic heterocycles. The number of hydrogen-bond donors (Lipinski definition) is 3. The van der Waals surface area contributed by atoms with Gasteiger partial charge in [-0.15, -0.1) is 23.5 Å². The van der Waals surface area contributed by atoms with Crippen molar-refractivity contribution < 1.29 is 43.3 Å². The van der Waals surface area contributed by atoms with Crippen molar-refractivity contribution in [1.29, 1.82) is 0 Å². The van der Waals surface area contributed by atoms with E-state index >= 15 is 0 Å². The molecule has 16 heteroatoms. The van der Waals surface area contributed by atoms with Gasteiger partial charge >= 0.3 is 17.9 Å². The van der Waals surface area contributed by atoms with E-state index < -0.39 is 75.1 Å². The second-order valence-corrected chi connectivity index (χ2v) is 17.9. The van der Waals surface area contributed by atoms with Crippen LogP contribution in [0.4, 0.5) is 0 Å². The van der Waals surface area contributed by atoms with Crippen LogP contribution < -0.4 is 11.1 Å². The lowest BCUT2D eigenvalue weighted by Gasteiger charge is -2.44. The van der Waals surface area contributed by atoms with E-state index in [2.05, 4.69) is 21.2 Å². The summed E-state index contributed by atoms with van der Waals surface area (Å²) in [5.74, 6) is -3.03. The maximum atomic E-state index is 12.8. The fourth-order valence-electron chi connectivity index (χ4n) is 5.58. The molecule has 0 aliphatic carbocycles. The van der Waals surface area contributed by atoms with E-state index in [1.165, 1.54) is 21.6 Å². The summed E-state index contributed by atoms with van der Waals surface area (Å²) in [7, 11) is 0. The molecule has 4 N–H and O–H groups in total. The number of carboxylic acids is 1. The number of carboxylic acid groups (broad SMARTS) is 1. The fourth-order valence-corrected chi connectivity index (χ4v) is 9.56. The van der Waals surface area contributed by atoms with Gasteiger partial charge in [0.2, 0.25) is 24.5 Å². The highest BCUT2D eigenvalue weighted by Gasteiger charge is 2.65. The number of aliphatic carboxylic acids is 1. The number of hydrogen-bond acceptors (Lipinski definition) is 11. The number of nitrogens with two attached hydrogens (primary N) is 1. The number of carbonyl (C=O) groups excluding carboxylic acids is 5. The van der Waals surface area contributed by atoms with E-state index in [1.807, 2.05) is 33.8 Å². The summed E-state index contributed by atoms with van der Waals surface area (Å²) in [6, 6.07) is 5.62. The zero-order chi connectivity index (χ0) is 34.5. The van der Waals surface area contributed by atoms with Gasteiger partial charge in [0.15, 0.2) is 0 Å². The zero-order valence-corrected chi connectivity index (χ0v) is 29.7. The number of halogens is 1. The van der Waals surface area contributed by atoms with Crippen molar-refractivity contribution in [3.63, 3.8) is 0 Å². The van der Waals surface area contributed by atoms with Crippen LogP contribution in [-0.4, -0.2) is 101 Å². The molecule has 4 heterocycles. The molecule has 0 saturated carbocycles. The van der Waals surface area contributed by atoms with Crippen molar-refractivity contribution in [2.45, 2.75) is 97.7 Å². The summed E-state index contributed by atoms with van der Waals surface area (Å²) < 4.78 is 9.07. The molecule has 5 rings (SSSR count). The molecule has 0 bridgehead atoms. The van der Waals surface area contributed by atoms with E-state index in [0.717, 1.165) is 0 Å². The van der Waals surface area contributed by atoms with Gasteiger partial charge in [-0.2, -0.15) is 0 Å². The number of benzene rings is 1. The Morgan fingerprint density at radius 3 is 2.07 bits per heavy atom. The van der Waals surface area contributed by atoms with E-state index in [0.29, 0.717) is 5.56 Å². The third kappa shape index (κ3) is 6.76. The molecule has 46 heavy (non-hydrogen) atoms. The number of amides is 3. The standard InChI is InChI=1S/C22H29N3O6S.C8H10BrNO3S/c1-21(2,3)20(29)31-11-30-19(28)15-22(4,5)32-18-14(17(27)25(15)18)24-16(26)13(23)12-9-7-6-8-10-12;1-8(2)4(7(12)13)10-5(11)3(9)6(10)14-8/h6-10,13-15,18H,11,23H2,1-5H3,(H,24,26);3-4,6H,1-2H3,(H,12,13). The second-order valence-electron chi connectivity index (χ2n) is 13.4. The first-order valence-corrected chi connectivity index (χ1v) is 17.2. The van der Waals surface area contributed by atoms with Gasteiger partial charge in [-0.05, 0) is 54.0 Å². The molecule has 4 aliphatic heterocycles. The molecule has 0 spiro atoms. The van der Waals surface area contributed by atoms with Crippen LogP contribution in [0.1, 0.15) is 60.1 Å². The summed E-state index contributed by atoms with van der Waals surface area (Å²) in [6.07, 6.45) is 0. The Morgan fingerprint density at radius 1 is 0.957 bits per heavy atom. The third-order valence-corrected chi connectivity index (χ3v) is 12.4. The van der Waals surface area contributed by atoms with Crippen LogP contribution in [-0.2, 0) is 38.2 Å². The number of alkyl halides is 1. The quantitative estimate of drug-likeness (QED) is 0.160. The molecule has 13 nitrogen and oxygen atoms in total. The number of ether oxygens (including phenoxy) is 2. The topological polar surface area (TPSA) is 186 Å². The molecule has 4 saturated heterocycles. The number of carbonyl (C=O) groups is 6. The van der Waals surface area contributed by atoms with Gasteiger partial charge in [0, 0.05) is 9.49 Å². The third-order valence-electron chi connectivity index (χ3n) is 8.02. The smallest absolute Gasteiger partial charge is 0.333 e. The number of rotatable bonds is 7. The fraction of sp³-hybridized carbons (Fsp3) is 0.600. The van der Waals surface area contributed by atoms with Crippen LogP contribution >= 0.6 is 39.5 Å². The Bertz CT molecular complexity index is 1420. The highest BCUT2D eigenvalue weighted by molar-refractivity contribution is 9.10. The summed E-state index contributed by atoms with van der Waals surface area (Å²) in [5.41, 5.74) is 5.94. The molecule has 1 aromatic rings. The van der Waals surface area contributed by atoms with E-state index in [-0.39, 0.29) is 22.0 Å². The Morgan fingerprint density at radius 2 is 1.50 bits per heavy atom. The molecule has 252 valence electrons. The first kappa shape index (κ1) is 36.0. The van der Waals surface area contributed by atoms with E-state index in [9.17, 15) is 28.8 Å². The van der Waals surface area contributed by atoms with Crippen LogP contribution in [0, 0.1) is 5.41 Å². The number of β-lactam (4-membered cyclic amide) rings is 2. The first-order valence-electron chi connectivity index (χ1n) is 14.5. The minimum absolute atomic E-state index is 0.0152. The lowest BCUT2D eigenvalue weighted by molar-refractivity contribution is -0.180. The number of esters is 2.